The molecular formula is C18H21N5O2. The molecule has 25 heavy (non-hydrogen) atoms. The number of methoxy groups -OCH3 is 1. The molecule has 1 fully saturated rings. The molecule has 1 saturated carbocycles. The van der Waals surface area contributed by atoms with Gasteiger partial charge in [0.2, 0.25) is 0 Å². The van der Waals surface area contributed by atoms with Crippen molar-refractivity contribution in [1.29, 1.82) is 0 Å². The van der Waals surface area contributed by atoms with Crippen LogP contribution in [0, 0.1) is 0 Å². The Hall–Kier alpha value is -2.67. The lowest BCUT2D eigenvalue weighted by atomic mass is 10.2. The number of aromatic nitrogens is 4. The number of hydrogen-bond donors (Lipinski definition) is 1. The van der Waals surface area contributed by atoms with Gasteiger partial charge >= 0.3 is 0 Å². The van der Waals surface area contributed by atoms with Gasteiger partial charge in [-0.15, -0.1) is 0 Å². The number of nitrogens with one attached hydrogen (secondary N) is 1. The van der Waals surface area contributed by atoms with E-state index in [0.717, 1.165) is 17.9 Å². The molecule has 4 rings (SSSR count). The van der Waals surface area contributed by atoms with Crippen LogP contribution in [0.5, 0.6) is 5.75 Å². The van der Waals surface area contributed by atoms with E-state index in [4.69, 9.17) is 4.74 Å². The van der Waals surface area contributed by atoms with Gasteiger partial charge in [-0.05, 0) is 18.9 Å². The summed E-state index contributed by atoms with van der Waals surface area (Å²) in [5.74, 6) is 1.56. The van der Waals surface area contributed by atoms with Crippen molar-refractivity contribution < 1.29 is 4.74 Å². The number of benzene rings is 1. The lowest BCUT2D eigenvalue weighted by molar-refractivity contribution is 0.235. The summed E-state index contributed by atoms with van der Waals surface area (Å²) in [5, 5.41) is 4.64. The van der Waals surface area contributed by atoms with Crippen LogP contribution in [0.1, 0.15) is 24.2 Å². The first-order valence-corrected chi connectivity index (χ1v) is 8.42. The van der Waals surface area contributed by atoms with Crippen LogP contribution in [-0.4, -0.2) is 37.8 Å². The summed E-state index contributed by atoms with van der Waals surface area (Å²) in [6.45, 7) is 1.36. The average Bonchev–Trinajstić information content (AvgIpc) is 3.39. The molecule has 1 aromatic carbocycles. The minimum absolute atomic E-state index is 0.138. The highest BCUT2D eigenvalue weighted by atomic mass is 16.5. The van der Waals surface area contributed by atoms with Gasteiger partial charge < -0.3 is 9.72 Å². The van der Waals surface area contributed by atoms with Crippen molar-refractivity contribution in [3.8, 4) is 5.75 Å². The second kappa shape index (κ2) is 6.33. The second-order valence-electron chi connectivity index (χ2n) is 6.47. The van der Waals surface area contributed by atoms with Gasteiger partial charge in [-0.3, -0.25) is 14.4 Å². The maximum atomic E-state index is 12.3. The summed E-state index contributed by atoms with van der Waals surface area (Å²) in [6, 6.07) is 8.57. The predicted molar refractivity (Wildman–Crippen MR) is 94.4 cm³/mol. The monoisotopic (exact) mass is 339 g/mol. The van der Waals surface area contributed by atoms with Crippen molar-refractivity contribution in [1.82, 2.24) is 24.6 Å². The van der Waals surface area contributed by atoms with Crippen molar-refractivity contribution in [3.05, 3.63) is 52.2 Å². The zero-order valence-corrected chi connectivity index (χ0v) is 14.4. The third-order valence-corrected chi connectivity index (χ3v) is 4.63. The molecule has 2 heterocycles. The van der Waals surface area contributed by atoms with Crippen LogP contribution in [0.25, 0.3) is 11.0 Å². The number of ether oxygens (including phenoxy) is 1. The van der Waals surface area contributed by atoms with E-state index in [1.165, 1.54) is 12.8 Å². The molecule has 0 amide bonds. The summed E-state index contributed by atoms with van der Waals surface area (Å²) < 4.78 is 7.10. The summed E-state index contributed by atoms with van der Waals surface area (Å²) in [7, 11) is 3.49. The summed E-state index contributed by atoms with van der Waals surface area (Å²) in [4.78, 5) is 22.1. The van der Waals surface area contributed by atoms with Crippen LogP contribution in [-0.2, 0) is 20.1 Å². The molecule has 1 aliphatic carbocycles. The normalized spacial score (nSPS) is 14.4. The van der Waals surface area contributed by atoms with Crippen molar-refractivity contribution in [3.63, 3.8) is 0 Å². The largest absolute Gasteiger partial charge is 0.496 e. The number of nitrogens with zero attached hydrogens (tertiary/aromatic N) is 4. The van der Waals surface area contributed by atoms with E-state index in [1.54, 1.807) is 25.0 Å². The molecule has 0 saturated heterocycles. The van der Waals surface area contributed by atoms with E-state index in [9.17, 15) is 4.79 Å². The van der Waals surface area contributed by atoms with Crippen LogP contribution < -0.4 is 10.3 Å². The quantitative estimate of drug-likeness (QED) is 0.741. The smallest absolute Gasteiger partial charge is 0.262 e. The van der Waals surface area contributed by atoms with Gasteiger partial charge in [-0.2, -0.15) is 5.10 Å². The second-order valence-corrected chi connectivity index (χ2v) is 6.47. The van der Waals surface area contributed by atoms with Crippen molar-refractivity contribution in [2.24, 2.45) is 7.05 Å². The third-order valence-electron chi connectivity index (χ3n) is 4.63. The molecule has 3 aromatic rings. The highest BCUT2D eigenvalue weighted by Gasteiger charge is 2.30. The van der Waals surface area contributed by atoms with E-state index in [1.807, 2.05) is 18.2 Å². The van der Waals surface area contributed by atoms with Crippen molar-refractivity contribution in [2.75, 3.05) is 7.11 Å². The first-order valence-electron chi connectivity index (χ1n) is 8.42. The molecule has 0 atom stereocenters. The Morgan fingerprint density at radius 1 is 1.32 bits per heavy atom. The van der Waals surface area contributed by atoms with E-state index in [-0.39, 0.29) is 5.56 Å². The Morgan fingerprint density at radius 3 is 2.88 bits per heavy atom. The van der Waals surface area contributed by atoms with Crippen molar-refractivity contribution in [2.45, 2.75) is 32.0 Å². The molecule has 7 nitrogen and oxygen atoms in total. The van der Waals surface area contributed by atoms with Crippen LogP contribution in [0.4, 0.5) is 0 Å². The fourth-order valence-electron chi connectivity index (χ4n) is 3.15. The van der Waals surface area contributed by atoms with Gasteiger partial charge in [-0.1, -0.05) is 18.2 Å². The Labute approximate surface area is 145 Å². The van der Waals surface area contributed by atoms with Crippen LogP contribution in [0.2, 0.25) is 0 Å². The maximum absolute atomic E-state index is 12.3. The van der Waals surface area contributed by atoms with Gasteiger partial charge in [0.05, 0.1) is 19.9 Å². The molecular weight excluding hydrogens is 318 g/mol. The Morgan fingerprint density at radius 2 is 2.12 bits per heavy atom. The molecule has 0 unspecified atom stereocenters. The SMILES string of the molecule is COc1ccccc1CN(Cc1nc2c(cnn2C)c(=O)[nH]1)C1CC1. The lowest BCUT2D eigenvalue weighted by Gasteiger charge is -2.22. The number of aryl methyl sites for hydroxylation is 1. The van der Waals surface area contributed by atoms with Gasteiger partial charge in [0.25, 0.3) is 5.56 Å². The van der Waals surface area contributed by atoms with E-state index in [0.29, 0.717) is 29.4 Å². The maximum Gasteiger partial charge on any atom is 0.262 e. The molecule has 2 aromatic heterocycles. The number of para-hydroxylation sites is 1. The van der Waals surface area contributed by atoms with E-state index >= 15 is 0 Å². The highest BCUT2D eigenvalue weighted by molar-refractivity contribution is 5.72. The van der Waals surface area contributed by atoms with Gasteiger partial charge in [0.1, 0.15) is 17.0 Å². The molecule has 7 heteroatoms. The standard InChI is InChI=1S/C18H21N5O2/c1-22-17-14(9-19-22)18(24)21-16(20-17)11-23(13-7-8-13)10-12-5-3-4-6-15(12)25-2/h3-6,9,13H,7-8,10-11H2,1-2H3,(H,20,21,24). The van der Waals surface area contributed by atoms with E-state index in [2.05, 4.69) is 26.0 Å². The molecule has 0 aliphatic heterocycles. The average molecular weight is 339 g/mol. The minimum atomic E-state index is -0.138. The number of H-pyrrole nitrogens is 1. The summed E-state index contributed by atoms with van der Waals surface area (Å²) in [6.07, 6.45) is 3.90. The fraction of sp³-hybridized carbons (Fsp3) is 0.389. The summed E-state index contributed by atoms with van der Waals surface area (Å²) >= 11 is 0. The van der Waals surface area contributed by atoms with Gasteiger partial charge in [-0.25, -0.2) is 4.98 Å². The zero-order chi connectivity index (χ0) is 17.4. The van der Waals surface area contributed by atoms with Crippen molar-refractivity contribution >= 4 is 11.0 Å². The zero-order valence-electron chi connectivity index (χ0n) is 14.4. The highest BCUT2D eigenvalue weighted by Crippen LogP contribution is 2.31. The first-order chi connectivity index (χ1) is 12.2. The number of rotatable bonds is 6. The van der Waals surface area contributed by atoms with Crippen LogP contribution >= 0.6 is 0 Å². The molecule has 1 aliphatic rings. The molecule has 0 bridgehead atoms. The lowest BCUT2D eigenvalue weighted by Crippen LogP contribution is -2.27. The topological polar surface area (TPSA) is 76.0 Å². The third kappa shape index (κ3) is 3.15. The molecule has 0 spiro atoms. The first kappa shape index (κ1) is 15.8. The Balaban J connectivity index is 1.62. The van der Waals surface area contributed by atoms with Gasteiger partial charge in [0.15, 0.2) is 5.65 Å². The Bertz CT molecular complexity index is 957. The van der Waals surface area contributed by atoms with Crippen LogP contribution in [0.15, 0.2) is 35.3 Å². The summed E-state index contributed by atoms with van der Waals surface area (Å²) in [5.41, 5.74) is 1.62. The molecule has 130 valence electrons. The number of aromatic amines is 1. The predicted octanol–water partition coefficient (Wildman–Crippen LogP) is 1.83. The Kier molecular flexibility index (Phi) is 4.01. The molecule has 1 N–H and O–H groups in total. The van der Waals surface area contributed by atoms with Crippen LogP contribution in [0.3, 0.4) is 0 Å². The molecule has 0 radical (unpaired) electrons. The number of hydrogen-bond acceptors (Lipinski definition) is 5. The van der Waals surface area contributed by atoms with E-state index < -0.39 is 0 Å². The minimum Gasteiger partial charge on any atom is -0.496 e. The number of fused-ring (bicyclic) bond motifs is 1. The fourth-order valence-corrected chi connectivity index (χ4v) is 3.15. The van der Waals surface area contributed by atoms with Gasteiger partial charge in [0, 0.05) is 25.2 Å².